The fraction of sp³-hybridized carbons (Fsp3) is 0.627. The van der Waals surface area contributed by atoms with E-state index in [1.165, 1.54) is 0 Å². The highest BCUT2D eigenvalue weighted by atomic mass is 16.6. The molecular weight excluding hydrogens is 827 g/mol. The number of unbranched alkanes of at least 4 members (excludes halogenated alkanes) is 1. The van der Waals surface area contributed by atoms with Crippen molar-refractivity contribution in [2.75, 3.05) is 32.7 Å². The third-order valence-electron chi connectivity index (χ3n) is 12.0. The maximum absolute atomic E-state index is 14.5. The number of benzene rings is 2. The lowest BCUT2D eigenvalue weighted by molar-refractivity contribution is -0.138. The smallest absolute Gasteiger partial charge is 0.408 e. The van der Waals surface area contributed by atoms with Crippen molar-refractivity contribution in [3.8, 4) is 0 Å². The lowest BCUT2D eigenvalue weighted by atomic mass is 9.86. The summed E-state index contributed by atoms with van der Waals surface area (Å²) in [5.41, 5.74) is 0.0392. The van der Waals surface area contributed by atoms with Gasteiger partial charge in [-0.15, -0.1) is 0 Å². The number of alkyl carbamates (subject to hydrolysis) is 2. The minimum absolute atomic E-state index is 0.00449. The highest BCUT2D eigenvalue weighted by molar-refractivity contribution is 5.95. The summed E-state index contributed by atoms with van der Waals surface area (Å²) in [7, 11) is 0. The number of carbonyl (C=O) groups is 7. The van der Waals surface area contributed by atoms with Gasteiger partial charge in [-0.1, -0.05) is 80.9 Å². The summed E-state index contributed by atoms with van der Waals surface area (Å²) >= 11 is 0. The Labute approximate surface area is 386 Å². The van der Waals surface area contributed by atoms with Gasteiger partial charge in [0.25, 0.3) is 0 Å². The van der Waals surface area contributed by atoms with Gasteiger partial charge < -0.3 is 35.2 Å². The summed E-state index contributed by atoms with van der Waals surface area (Å²) < 4.78 is 10.9. The second-order valence-corrected chi connectivity index (χ2v) is 20.6. The Bertz CT molecular complexity index is 1930. The van der Waals surface area contributed by atoms with Crippen molar-refractivity contribution < 1.29 is 43.0 Å². The Hall–Kier alpha value is -5.27. The van der Waals surface area contributed by atoms with Gasteiger partial charge in [-0.3, -0.25) is 24.0 Å². The van der Waals surface area contributed by atoms with E-state index in [-0.39, 0.29) is 60.4 Å². The number of nitrogens with one attached hydrogen (secondary N) is 3. The average Bonchev–Trinajstić information content (AvgIpc) is 3.84. The predicted octanol–water partition coefficient (Wildman–Crippen LogP) is 7.21. The minimum Gasteiger partial charge on any atom is -0.444 e. The molecule has 2 aromatic carbocycles. The van der Waals surface area contributed by atoms with Crippen molar-refractivity contribution in [3.05, 3.63) is 71.8 Å². The summed E-state index contributed by atoms with van der Waals surface area (Å²) in [5.74, 6) is -2.75. The van der Waals surface area contributed by atoms with Crippen molar-refractivity contribution in [3.63, 3.8) is 0 Å². The molecule has 0 aliphatic carbocycles. The normalized spacial score (nSPS) is 18.1. The zero-order valence-electron chi connectivity index (χ0n) is 40.3. The number of amides is 5. The van der Waals surface area contributed by atoms with E-state index >= 15 is 0 Å². The number of hydrogen-bond donors (Lipinski definition) is 3. The van der Waals surface area contributed by atoms with Crippen LogP contribution in [0.2, 0.25) is 0 Å². The van der Waals surface area contributed by atoms with Crippen LogP contribution in [0.25, 0.3) is 0 Å². The first kappa shape index (κ1) is 52.4. The molecule has 2 aliphatic rings. The van der Waals surface area contributed by atoms with Crippen LogP contribution >= 0.6 is 0 Å². The molecule has 2 saturated heterocycles. The van der Waals surface area contributed by atoms with E-state index in [0.717, 1.165) is 24.0 Å². The van der Waals surface area contributed by atoms with Gasteiger partial charge in [0.1, 0.15) is 11.2 Å². The molecule has 2 aliphatic heterocycles. The molecule has 5 amide bonds. The first-order chi connectivity index (χ1) is 30.5. The monoisotopic (exact) mass is 902 g/mol. The van der Waals surface area contributed by atoms with Crippen molar-refractivity contribution in [2.45, 2.75) is 150 Å². The molecule has 2 heterocycles. The molecule has 0 aromatic heterocycles. The first-order valence-corrected chi connectivity index (χ1v) is 23.5. The van der Waals surface area contributed by atoms with Crippen LogP contribution in [0.4, 0.5) is 9.59 Å². The molecule has 1 spiro atoms. The topological polar surface area (TPSA) is 181 Å². The molecule has 14 nitrogen and oxygen atoms in total. The number of ketones is 2. The van der Waals surface area contributed by atoms with Gasteiger partial charge in [0.05, 0.1) is 12.1 Å². The second-order valence-electron chi connectivity index (χ2n) is 20.6. The van der Waals surface area contributed by atoms with E-state index in [4.69, 9.17) is 9.47 Å². The standard InChI is InChI=1S/C51H75N5O9/c1-35(2)28-41(43(58)31-39(22-16-17-25-52-47(62)64-49(4,5)6)46(61)56-27-24-51(34-56)23-26-55(33-51)36(3)57)53-45(60)40(29-37-18-12-10-13-19-37)32-44(59)42(30-38-20-14-11-15-21-38)54-48(63)65-50(7,8)9/h10-15,18-21,35,39-42H,16-17,22-34H2,1-9H3,(H,52,62)(H,53,60)(H,54,63)/t39-,40-,41+,42+,51?/m0/s1. The molecule has 5 atom stereocenters. The van der Waals surface area contributed by atoms with E-state index in [1.54, 1.807) is 48.5 Å². The van der Waals surface area contributed by atoms with Gasteiger partial charge in [0.2, 0.25) is 17.7 Å². The summed E-state index contributed by atoms with van der Waals surface area (Å²) in [4.78, 5) is 99.0. The maximum Gasteiger partial charge on any atom is 0.408 e. The molecular formula is C51H75N5O9. The number of rotatable bonds is 21. The Kier molecular flexibility index (Phi) is 19.2. The molecule has 14 heteroatoms. The fourth-order valence-electron chi connectivity index (χ4n) is 8.75. The maximum atomic E-state index is 14.5. The molecule has 1 unspecified atom stereocenters. The van der Waals surface area contributed by atoms with Crippen LogP contribution in [0, 0.1) is 23.2 Å². The largest absolute Gasteiger partial charge is 0.444 e. The van der Waals surface area contributed by atoms with Crippen molar-refractivity contribution in [1.29, 1.82) is 0 Å². The quantitative estimate of drug-likeness (QED) is 0.109. The lowest BCUT2D eigenvalue weighted by Crippen LogP contribution is -2.48. The van der Waals surface area contributed by atoms with Gasteiger partial charge in [-0.05, 0) is 104 Å². The Morgan fingerprint density at radius 1 is 0.662 bits per heavy atom. The zero-order chi connectivity index (χ0) is 48.0. The van der Waals surface area contributed by atoms with Crippen LogP contribution in [0.5, 0.6) is 0 Å². The first-order valence-electron chi connectivity index (χ1n) is 23.5. The molecule has 358 valence electrons. The minimum atomic E-state index is -0.989. The van der Waals surface area contributed by atoms with E-state index in [9.17, 15) is 33.6 Å². The van der Waals surface area contributed by atoms with E-state index < -0.39 is 53.2 Å². The molecule has 0 radical (unpaired) electrons. The van der Waals surface area contributed by atoms with Gasteiger partial charge in [0.15, 0.2) is 11.6 Å². The fourth-order valence-corrected chi connectivity index (χ4v) is 8.75. The van der Waals surface area contributed by atoms with Crippen LogP contribution in [0.3, 0.4) is 0 Å². The van der Waals surface area contributed by atoms with Crippen molar-refractivity contribution in [2.24, 2.45) is 23.2 Å². The average molecular weight is 902 g/mol. The highest BCUT2D eigenvalue weighted by Crippen LogP contribution is 2.40. The van der Waals surface area contributed by atoms with Crippen LogP contribution in [0.15, 0.2) is 60.7 Å². The molecule has 3 N–H and O–H groups in total. The summed E-state index contributed by atoms with van der Waals surface area (Å²) in [6.07, 6.45) is 2.24. The Balaban J connectivity index is 1.55. The molecule has 2 fully saturated rings. The van der Waals surface area contributed by atoms with E-state index in [1.807, 2.05) is 84.3 Å². The molecule has 0 bridgehead atoms. The van der Waals surface area contributed by atoms with Crippen LogP contribution in [-0.2, 0) is 46.3 Å². The zero-order valence-corrected chi connectivity index (χ0v) is 40.3. The molecule has 2 aromatic rings. The number of ether oxygens (including phenoxy) is 2. The summed E-state index contributed by atoms with van der Waals surface area (Å²) in [5, 5.41) is 8.56. The number of nitrogens with zero attached hydrogens (tertiary/aromatic N) is 2. The molecule has 65 heavy (non-hydrogen) atoms. The Morgan fingerprint density at radius 3 is 1.74 bits per heavy atom. The highest BCUT2D eigenvalue weighted by Gasteiger charge is 2.46. The van der Waals surface area contributed by atoms with Gasteiger partial charge in [-0.2, -0.15) is 0 Å². The van der Waals surface area contributed by atoms with Gasteiger partial charge >= 0.3 is 12.2 Å². The third-order valence-corrected chi connectivity index (χ3v) is 12.0. The van der Waals surface area contributed by atoms with Crippen molar-refractivity contribution >= 4 is 41.5 Å². The summed E-state index contributed by atoms with van der Waals surface area (Å²) in [6, 6.07) is 16.7. The van der Waals surface area contributed by atoms with E-state index in [2.05, 4.69) is 16.0 Å². The van der Waals surface area contributed by atoms with Crippen LogP contribution < -0.4 is 16.0 Å². The van der Waals surface area contributed by atoms with Gasteiger partial charge in [-0.25, -0.2) is 9.59 Å². The number of carbonyl (C=O) groups excluding carboxylic acids is 7. The summed E-state index contributed by atoms with van der Waals surface area (Å²) in [6.45, 7) is 18.7. The number of likely N-dealkylation sites (tertiary alicyclic amines) is 2. The SMILES string of the molecule is CC(=O)N1CCC2(CCN(C(=O)[C@@H](CCCCNC(=O)OC(C)(C)C)CC(=O)[C@@H](CC(C)C)NC(=O)[C@H](CC(=O)[C@@H](Cc3ccccc3)NC(=O)OC(C)(C)C)Cc3ccccc3)C2)C1. The van der Waals surface area contributed by atoms with Crippen LogP contribution in [0.1, 0.15) is 125 Å². The predicted molar refractivity (Wildman–Crippen MR) is 250 cm³/mol. The second kappa shape index (κ2) is 23.8. The van der Waals surface area contributed by atoms with Crippen molar-refractivity contribution in [1.82, 2.24) is 25.8 Å². The van der Waals surface area contributed by atoms with Gasteiger partial charge in [0, 0.05) is 69.7 Å². The number of Topliss-reactive ketones (excluding diaryl/α,β-unsaturated/α-hetero) is 2. The molecule has 0 saturated carbocycles. The number of hydrogen-bond acceptors (Lipinski definition) is 9. The third kappa shape index (κ3) is 17.9. The molecule has 4 rings (SSSR count). The Morgan fingerprint density at radius 2 is 1.18 bits per heavy atom. The lowest BCUT2D eigenvalue weighted by Gasteiger charge is -2.28. The van der Waals surface area contributed by atoms with E-state index in [0.29, 0.717) is 58.4 Å². The van der Waals surface area contributed by atoms with Crippen LogP contribution in [-0.4, -0.2) is 107 Å².